The van der Waals surface area contributed by atoms with Gasteiger partial charge in [-0.15, -0.1) is 0 Å². The van der Waals surface area contributed by atoms with Crippen molar-refractivity contribution in [3.8, 4) is 0 Å². The lowest BCUT2D eigenvalue weighted by Gasteiger charge is -2.23. The second-order valence-electron chi connectivity index (χ2n) is 4.31. The van der Waals surface area contributed by atoms with Crippen LogP contribution in [0, 0.1) is 17.0 Å². The molecule has 0 aliphatic rings. The van der Waals surface area contributed by atoms with Crippen molar-refractivity contribution < 1.29 is 13.3 Å². The van der Waals surface area contributed by atoms with Crippen LogP contribution in [-0.4, -0.2) is 37.3 Å². The van der Waals surface area contributed by atoms with Crippen molar-refractivity contribution in [2.45, 2.75) is 24.8 Å². The number of hydrogen-bond acceptors (Lipinski definition) is 5. The lowest BCUT2D eigenvalue weighted by atomic mass is 10.2. The molecule has 0 fully saturated rings. The number of nitro benzene ring substituents is 1. The van der Waals surface area contributed by atoms with Crippen LogP contribution < -0.4 is 5.73 Å². The van der Waals surface area contributed by atoms with Crippen molar-refractivity contribution >= 4 is 15.7 Å². The molecule has 1 rings (SSSR count). The smallest absolute Gasteiger partial charge is 0.272 e. The summed E-state index contributed by atoms with van der Waals surface area (Å²) >= 11 is 0. The summed E-state index contributed by atoms with van der Waals surface area (Å²) < 4.78 is 25.7. The highest BCUT2D eigenvalue weighted by atomic mass is 32.2. The van der Waals surface area contributed by atoms with Crippen molar-refractivity contribution in [1.82, 2.24) is 4.31 Å². The molecule has 0 saturated carbocycles. The summed E-state index contributed by atoms with van der Waals surface area (Å²) in [5, 5.41) is 10.7. The molecule has 0 spiro atoms. The topological polar surface area (TPSA) is 107 Å². The zero-order valence-electron chi connectivity index (χ0n) is 11.0. The highest BCUT2D eigenvalue weighted by Gasteiger charge is 2.26. The zero-order valence-corrected chi connectivity index (χ0v) is 11.8. The third kappa shape index (κ3) is 3.09. The summed E-state index contributed by atoms with van der Waals surface area (Å²) in [6, 6.07) is 3.39. The summed E-state index contributed by atoms with van der Waals surface area (Å²) in [4.78, 5) is 10.2. The molecule has 8 heteroatoms. The highest BCUT2D eigenvalue weighted by Crippen LogP contribution is 2.23. The van der Waals surface area contributed by atoms with E-state index in [9.17, 15) is 18.5 Å². The average Bonchev–Trinajstić information content (AvgIpc) is 2.36. The normalized spacial score (nSPS) is 13.5. The molecule has 7 nitrogen and oxygen atoms in total. The number of likely N-dealkylation sites (N-methyl/N-ethyl adjacent to an activating group) is 1. The molecule has 0 heterocycles. The molecule has 0 aromatic heterocycles. The maximum Gasteiger partial charge on any atom is 0.272 e. The van der Waals surface area contributed by atoms with Gasteiger partial charge < -0.3 is 5.73 Å². The molecule has 19 heavy (non-hydrogen) atoms. The van der Waals surface area contributed by atoms with Gasteiger partial charge >= 0.3 is 0 Å². The molecule has 0 radical (unpaired) electrons. The first-order chi connectivity index (χ1) is 8.71. The number of benzene rings is 1. The Morgan fingerprint density at radius 3 is 2.47 bits per heavy atom. The lowest BCUT2D eigenvalue weighted by molar-refractivity contribution is -0.385. The van der Waals surface area contributed by atoms with Crippen LogP contribution in [0.5, 0.6) is 0 Å². The van der Waals surface area contributed by atoms with E-state index in [4.69, 9.17) is 5.73 Å². The summed E-state index contributed by atoms with van der Waals surface area (Å²) in [6.07, 6.45) is 0. The minimum absolute atomic E-state index is 0.0263. The van der Waals surface area contributed by atoms with Crippen LogP contribution in [0.4, 0.5) is 5.69 Å². The fraction of sp³-hybridized carbons (Fsp3) is 0.455. The first-order valence-electron chi connectivity index (χ1n) is 5.65. The van der Waals surface area contributed by atoms with E-state index in [1.165, 1.54) is 32.2 Å². The Morgan fingerprint density at radius 2 is 2.05 bits per heavy atom. The van der Waals surface area contributed by atoms with Crippen molar-refractivity contribution in [1.29, 1.82) is 0 Å². The van der Waals surface area contributed by atoms with Gasteiger partial charge in [-0.3, -0.25) is 10.1 Å². The molecule has 1 aromatic carbocycles. The van der Waals surface area contributed by atoms with Crippen molar-refractivity contribution in [2.75, 3.05) is 13.6 Å². The van der Waals surface area contributed by atoms with E-state index in [0.29, 0.717) is 5.56 Å². The molecule has 106 valence electrons. The molecule has 0 aliphatic heterocycles. The predicted molar refractivity (Wildman–Crippen MR) is 71.3 cm³/mol. The second-order valence-corrected chi connectivity index (χ2v) is 6.31. The van der Waals surface area contributed by atoms with Crippen LogP contribution in [0.15, 0.2) is 23.1 Å². The van der Waals surface area contributed by atoms with Crippen molar-refractivity contribution in [2.24, 2.45) is 5.73 Å². The monoisotopic (exact) mass is 287 g/mol. The summed E-state index contributed by atoms with van der Waals surface area (Å²) in [5.74, 6) is 0. The van der Waals surface area contributed by atoms with E-state index < -0.39 is 14.9 Å². The average molecular weight is 287 g/mol. The summed E-state index contributed by atoms with van der Waals surface area (Å²) in [5.41, 5.74) is 5.65. The first kappa shape index (κ1) is 15.5. The third-order valence-corrected chi connectivity index (χ3v) is 4.97. The first-order valence-corrected chi connectivity index (χ1v) is 7.09. The van der Waals surface area contributed by atoms with E-state index >= 15 is 0 Å². The zero-order chi connectivity index (χ0) is 14.8. The van der Waals surface area contributed by atoms with Crippen LogP contribution in [0.25, 0.3) is 0 Å². The van der Waals surface area contributed by atoms with Gasteiger partial charge in [-0.05, 0) is 26.0 Å². The van der Waals surface area contributed by atoms with Gasteiger partial charge in [-0.25, -0.2) is 8.42 Å². The summed E-state index contributed by atoms with van der Waals surface area (Å²) in [6.45, 7) is 3.39. The lowest BCUT2D eigenvalue weighted by Crippen LogP contribution is -2.39. The maximum atomic E-state index is 12.3. The minimum Gasteiger partial charge on any atom is -0.329 e. The fourth-order valence-electron chi connectivity index (χ4n) is 1.54. The Hall–Kier alpha value is -1.51. The van der Waals surface area contributed by atoms with Crippen LogP contribution in [0.1, 0.15) is 12.5 Å². The molecule has 1 aromatic rings. The van der Waals surface area contributed by atoms with Gasteiger partial charge in [0, 0.05) is 31.3 Å². The molecular formula is C11H17N3O4S. The highest BCUT2D eigenvalue weighted by molar-refractivity contribution is 7.89. The van der Waals surface area contributed by atoms with Crippen molar-refractivity contribution in [3.05, 3.63) is 33.9 Å². The molecule has 1 unspecified atom stereocenters. The Balaban J connectivity index is 3.24. The molecule has 0 bridgehead atoms. The van der Waals surface area contributed by atoms with Crippen LogP contribution in [0.3, 0.4) is 0 Å². The van der Waals surface area contributed by atoms with Gasteiger partial charge in [0.15, 0.2) is 0 Å². The second kappa shape index (κ2) is 5.64. The van der Waals surface area contributed by atoms with E-state index in [0.717, 1.165) is 4.31 Å². The van der Waals surface area contributed by atoms with Gasteiger partial charge in [0.05, 0.1) is 9.82 Å². The van der Waals surface area contributed by atoms with Crippen LogP contribution in [-0.2, 0) is 10.0 Å². The van der Waals surface area contributed by atoms with Crippen molar-refractivity contribution in [3.63, 3.8) is 0 Å². The number of nitrogens with two attached hydrogens (primary N) is 1. The predicted octanol–water partition coefficient (Wildman–Crippen LogP) is 0.871. The van der Waals surface area contributed by atoms with Gasteiger partial charge in [0.25, 0.3) is 5.69 Å². The Labute approximate surface area is 112 Å². The van der Waals surface area contributed by atoms with E-state index in [2.05, 4.69) is 0 Å². The molecule has 1 atom stereocenters. The largest absolute Gasteiger partial charge is 0.329 e. The molecule has 0 amide bonds. The number of hydrogen-bond donors (Lipinski definition) is 1. The molecular weight excluding hydrogens is 270 g/mol. The third-order valence-electron chi connectivity index (χ3n) is 3.00. The summed E-state index contributed by atoms with van der Waals surface area (Å²) in [7, 11) is -2.25. The Morgan fingerprint density at radius 1 is 1.47 bits per heavy atom. The maximum absolute atomic E-state index is 12.3. The van der Waals surface area contributed by atoms with Gasteiger partial charge in [0.2, 0.25) is 10.0 Å². The number of aryl methyl sites for hydroxylation is 1. The van der Waals surface area contributed by atoms with Gasteiger partial charge in [-0.2, -0.15) is 4.31 Å². The van der Waals surface area contributed by atoms with Gasteiger partial charge in [0.1, 0.15) is 0 Å². The standard InChI is InChI=1S/C11H17N3O4S/c1-8-6-10(4-5-11(8)14(15)16)19(17,18)13(3)9(2)7-12/h4-6,9H,7,12H2,1-3H3. The Kier molecular flexibility index (Phi) is 4.61. The number of rotatable bonds is 5. The van der Waals surface area contributed by atoms with E-state index in [1.54, 1.807) is 6.92 Å². The number of sulfonamides is 1. The SMILES string of the molecule is Cc1cc(S(=O)(=O)N(C)C(C)CN)ccc1[N+](=O)[O-]. The number of nitrogens with zero attached hydrogens (tertiary/aromatic N) is 2. The van der Waals surface area contributed by atoms with E-state index in [-0.39, 0.29) is 23.2 Å². The van der Waals surface area contributed by atoms with Crippen LogP contribution in [0.2, 0.25) is 0 Å². The van der Waals surface area contributed by atoms with E-state index in [1.807, 2.05) is 0 Å². The molecule has 0 saturated heterocycles. The Bertz CT molecular complexity index is 586. The fourth-order valence-corrected chi connectivity index (χ4v) is 3.00. The molecule has 2 N–H and O–H groups in total. The number of nitro groups is 1. The minimum atomic E-state index is -3.68. The van der Waals surface area contributed by atoms with Gasteiger partial charge in [-0.1, -0.05) is 0 Å². The van der Waals surface area contributed by atoms with Crippen LogP contribution >= 0.6 is 0 Å². The quantitative estimate of drug-likeness (QED) is 0.638. The molecule has 0 aliphatic carbocycles.